The average molecular weight is 410 g/mol. The summed E-state index contributed by atoms with van der Waals surface area (Å²) in [5.74, 6) is -0.366. The van der Waals surface area contributed by atoms with E-state index in [1.54, 1.807) is 9.80 Å². The van der Waals surface area contributed by atoms with Crippen molar-refractivity contribution in [2.24, 2.45) is 0 Å². The van der Waals surface area contributed by atoms with Crippen molar-refractivity contribution in [2.45, 2.75) is 24.2 Å². The predicted molar refractivity (Wildman–Crippen MR) is 112 cm³/mol. The molecule has 2 aliphatic heterocycles. The molecule has 29 heavy (non-hydrogen) atoms. The molecule has 0 N–H and O–H groups in total. The van der Waals surface area contributed by atoms with Gasteiger partial charge in [0.2, 0.25) is 5.91 Å². The lowest BCUT2D eigenvalue weighted by atomic mass is 10.0. The number of para-hydroxylation sites is 2. The van der Waals surface area contributed by atoms with E-state index in [1.807, 2.05) is 48.5 Å². The Labute approximate surface area is 173 Å². The van der Waals surface area contributed by atoms with Gasteiger partial charge < -0.3 is 14.5 Å². The number of carbonyl (C=O) groups is 3. The van der Waals surface area contributed by atoms with Crippen LogP contribution in [0.3, 0.4) is 0 Å². The Balaban J connectivity index is 1.31. The van der Waals surface area contributed by atoms with E-state index in [4.69, 9.17) is 4.74 Å². The van der Waals surface area contributed by atoms with Gasteiger partial charge in [-0.05, 0) is 36.6 Å². The third kappa shape index (κ3) is 4.29. The van der Waals surface area contributed by atoms with E-state index >= 15 is 0 Å². The molecule has 0 saturated heterocycles. The lowest BCUT2D eigenvalue weighted by molar-refractivity contribution is -0.147. The fourth-order valence-electron chi connectivity index (χ4n) is 3.69. The summed E-state index contributed by atoms with van der Waals surface area (Å²) in [7, 11) is 0. The first kappa shape index (κ1) is 19.5. The molecule has 0 saturated carbocycles. The molecule has 4 rings (SSSR count). The molecule has 7 heteroatoms. The highest BCUT2D eigenvalue weighted by molar-refractivity contribution is 8.00. The first-order valence-electron chi connectivity index (χ1n) is 9.69. The van der Waals surface area contributed by atoms with Gasteiger partial charge in [0.05, 0.1) is 17.9 Å². The summed E-state index contributed by atoms with van der Waals surface area (Å²) in [6, 6.07) is 15.5. The number of fused-ring (bicyclic) bond motifs is 2. The van der Waals surface area contributed by atoms with Crippen LogP contribution < -0.4 is 9.80 Å². The van der Waals surface area contributed by atoms with Crippen molar-refractivity contribution in [3.05, 3.63) is 54.1 Å². The number of aryl methyl sites for hydroxylation is 1. The molecule has 2 heterocycles. The molecule has 0 spiro atoms. The highest BCUT2D eigenvalue weighted by Gasteiger charge is 2.26. The molecular formula is C22H22N2O4S. The number of hydrogen-bond donors (Lipinski definition) is 0. The van der Waals surface area contributed by atoms with Crippen LogP contribution in [0.15, 0.2) is 53.4 Å². The van der Waals surface area contributed by atoms with Gasteiger partial charge in [0.15, 0.2) is 6.61 Å². The van der Waals surface area contributed by atoms with E-state index in [-0.39, 0.29) is 31.4 Å². The maximum Gasteiger partial charge on any atom is 0.308 e. The summed E-state index contributed by atoms with van der Waals surface area (Å²) in [6.45, 7) is 0.591. The van der Waals surface area contributed by atoms with E-state index in [9.17, 15) is 14.4 Å². The molecule has 0 bridgehead atoms. The zero-order chi connectivity index (χ0) is 20.2. The molecule has 0 radical (unpaired) electrons. The molecule has 6 nitrogen and oxygen atoms in total. The fraction of sp³-hybridized carbons (Fsp3) is 0.318. The van der Waals surface area contributed by atoms with Crippen molar-refractivity contribution in [1.29, 1.82) is 0 Å². The van der Waals surface area contributed by atoms with Gasteiger partial charge in [-0.3, -0.25) is 14.4 Å². The van der Waals surface area contributed by atoms with Crippen LogP contribution in [-0.4, -0.2) is 43.2 Å². The van der Waals surface area contributed by atoms with E-state index in [2.05, 4.69) is 0 Å². The second-order valence-electron chi connectivity index (χ2n) is 6.99. The zero-order valence-corrected chi connectivity index (χ0v) is 16.8. The van der Waals surface area contributed by atoms with Crippen LogP contribution >= 0.6 is 11.8 Å². The molecule has 0 aromatic heterocycles. The average Bonchev–Trinajstić information content (AvgIpc) is 2.76. The van der Waals surface area contributed by atoms with Crippen molar-refractivity contribution < 1.29 is 19.1 Å². The highest BCUT2D eigenvalue weighted by Crippen LogP contribution is 2.34. The van der Waals surface area contributed by atoms with Crippen molar-refractivity contribution in [3.8, 4) is 0 Å². The SMILES string of the molecule is O=C(CCN1C(=O)CSc2ccccc21)OCC(=O)N1CCCc2ccccc21. The second kappa shape index (κ2) is 8.69. The Morgan fingerprint density at radius 1 is 1.03 bits per heavy atom. The summed E-state index contributed by atoms with van der Waals surface area (Å²) in [5, 5.41) is 0. The standard InChI is InChI=1S/C22H22N2O4S/c25-20(23-12-5-7-16-6-1-2-8-17(16)23)14-28-22(27)11-13-24-18-9-3-4-10-19(18)29-15-21(24)26/h1-4,6,8-10H,5,7,11-15H2. The van der Waals surface area contributed by atoms with Gasteiger partial charge >= 0.3 is 5.97 Å². The number of esters is 1. The molecule has 2 aliphatic rings. The quantitative estimate of drug-likeness (QED) is 0.709. The largest absolute Gasteiger partial charge is 0.455 e. The van der Waals surface area contributed by atoms with Crippen LogP contribution in [0.5, 0.6) is 0 Å². The molecule has 0 fully saturated rings. The molecule has 2 aromatic rings. The van der Waals surface area contributed by atoms with Crippen LogP contribution in [0, 0.1) is 0 Å². The summed E-state index contributed by atoms with van der Waals surface area (Å²) >= 11 is 1.50. The zero-order valence-electron chi connectivity index (χ0n) is 16.0. The number of carbonyl (C=O) groups excluding carboxylic acids is 3. The molecule has 0 atom stereocenters. The van der Waals surface area contributed by atoms with E-state index in [1.165, 1.54) is 11.8 Å². The Kier molecular flexibility index (Phi) is 5.85. The first-order valence-corrected chi connectivity index (χ1v) is 10.7. The van der Waals surface area contributed by atoms with Gasteiger partial charge in [0.25, 0.3) is 5.91 Å². The lowest BCUT2D eigenvalue weighted by Crippen LogP contribution is -2.39. The van der Waals surface area contributed by atoms with Crippen LogP contribution in [0.4, 0.5) is 11.4 Å². The van der Waals surface area contributed by atoms with Gasteiger partial charge in [-0.15, -0.1) is 11.8 Å². The van der Waals surface area contributed by atoms with Gasteiger partial charge in [-0.1, -0.05) is 30.3 Å². The van der Waals surface area contributed by atoms with E-state index < -0.39 is 5.97 Å². The third-order valence-corrected chi connectivity index (χ3v) is 6.16. The molecule has 150 valence electrons. The van der Waals surface area contributed by atoms with Crippen molar-refractivity contribution in [1.82, 2.24) is 0 Å². The van der Waals surface area contributed by atoms with E-state index in [0.717, 1.165) is 34.7 Å². The number of ether oxygens (including phenoxy) is 1. The van der Waals surface area contributed by atoms with Gasteiger partial charge in [0, 0.05) is 23.7 Å². The predicted octanol–water partition coefficient (Wildman–Crippen LogP) is 3.04. The Hall–Kier alpha value is -2.80. The summed E-state index contributed by atoms with van der Waals surface area (Å²) in [5.41, 5.74) is 2.86. The van der Waals surface area contributed by atoms with Gasteiger partial charge in [-0.25, -0.2) is 0 Å². The number of amides is 2. The fourth-order valence-corrected chi connectivity index (χ4v) is 4.62. The number of benzene rings is 2. The molecule has 2 aromatic carbocycles. The first-order chi connectivity index (χ1) is 14.1. The van der Waals surface area contributed by atoms with Crippen LogP contribution in [-0.2, 0) is 25.5 Å². The van der Waals surface area contributed by atoms with Crippen LogP contribution in [0.25, 0.3) is 0 Å². The normalized spacial score (nSPS) is 15.5. The van der Waals surface area contributed by atoms with Crippen molar-refractivity contribution in [2.75, 3.05) is 35.2 Å². The minimum Gasteiger partial charge on any atom is -0.455 e. The number of rotatable bonds is 5. The highest BCUT2D eigenvalue weighted by atomic mass is 32.2. The van der Waals surface area contributed by atoms with Crippen LogP contribution in [0.2, 0.25) is 0 Å². The second-order valence-corrected chi connectivity index (χ2v) is 8.01. The van der Waals surface area contributed by atoms with Gasteiger partial charge in [0.1, 0.15) is 0 Å². The Morgan fingerprint density at radius 2 is 1.79 bits per heavy atom. The van der Waals surface area contributed by atoms with Crippen molar-refractivity contribution in [3.63, 3.8) is 0 Å². The van der Waals surface area contributed by atoms with E-state index in [0.29, 0.717) is 12.3 Å². The minimum atomic E-state index is -0.479. The lowest BCUT2D eigenvalue weighted by Gasteiger charge is -2.29. The number of anilines is 2. The molecule has 0 aliphatic carbocycles. The van der Waals surface area contributed by atoms with Crippen LogP contribution in [0.1, 0.15) is 18.4 Å². The molecular weight excluding hydrogens is 388 g/mol. The Morgan fingerprint density at radius 3 is 2.66 bits per heavy atom. The summed E-state index contributed by atoms with van der Waals surface area (Å²) in [4.78, 5) is 41.4. The number of hydrogen-bond acceptors (Lipinski definition) is 5. The summed E-state index contributed by atoms with van der Waals surface area (Å²) in [6.07, 6.45) is 1.89. The summed E-state index contributed by atoms with van der Waals surface area (Å²) < 4.78 is 5.21. The van der Waals surface area contributed by atoms with Crippen molar-refractivity contribution >= 4 is 40.9 Å². The monoisotopic (exact) mass is 410 g/mol. The Bertz CT molecular complexity index is 946. The molecule has 2 amide bonds. The smallest absolute Gasteiger partial charge is 0.308 e. The number of nitrogens with zero attached hydrogens (tertiary/aromatic N) is 2. The minimum absolute atomic E-state index is 0.0255. The third-order valence-electron chi connectivity index (χ3n) is 5.12. The number of thioether (sulfide) groups is 1. The topological polar surface area (TPSA) is 66.9 Å². The maximum absolute atomic E-state index is 12.6. The maximum atomic E-state index is 12.6. The molecule has 0 unspecified atom stereocenters. The van der Waals surface area contributed by atoms with Gasteiger partial charge in [-0.2, -0.15) is 0 Å².